The number of sulfone groups is 1. The lowest BCUT2D eigenvalue weighted by atomic mass is 10.3. The summed E-state index contributed by atoms with van der Waals surface area (Å²) in [6.45, 7) is 0. The summed E-state index contributed by atoms with van der Waals surface area (Å²) in [6, 6.07) is 10.8. The van der Waals surface area contributed by atoms with Gasteiger partial charge in [0.2, 0.25) is 9.84 Å². The predicted octanol–water partition coefficient (Wildman–Crippen LogP) is 4.38. The summed E-state index contributed by atoms with van der Waals surface area (Å²) in [5.41, 5.74) is 0.343. The fourth-order valence-electron chi connectivity index (χ4n) is 1.65. The van der Waals surface area contributed by atoms with Crippen LogP contribution in [0.15, 0.2) is 58.5 Å². The maximum atomic E-state index is 13.1. The Hall–Kier alpha value is -2.07. The van der Waals surface area contributed by atoms with Crippen LogP contribution >= 0.6 is 23.2 Å². The Morgan fingerprint density at radius 1 is 1.17 bits per heavy atom. The van der Waals surface area contributed by atoms with Crippen LogP contribution in [-0.2, 0) is 9.84 Å². The Kier molecular flexibility index (Phi) is 5.26. The van der Waals surface area contributed by atoms with E-state index in [1.54, 1.807) is 6.07 Å². The van der Waals surface area contributed by atoms with E-state index >= 15 is 0 Å². The molecule has 0 unspecified atom stereocenters. The molecule has 0 spiro atoms. The normalized spacial score (nSPS) is 11.8. The summed E-state index contributed by atoms with van der Waals surface area (Å²) < 4.78 is 37.8. The smallest absolute Gasteiger partial charge is 0.218 e. The number of nitrogens with one attached hydrogen (secondary N) is 1. The lowest BCUT2D eigenvalue weighted by molar-refractivity contribution is 0.603. The van der Waals surface area contributed by atoms with Crippen molar-refractivity contribution in [2.45, 2.75) is 4.90 Å². The second kappa shape index (κ2) is 7.01. The summed E-state index contributed by atoms with van der Waals surface area (Å²) in [7, 11) is -3.98. The maximum Gasteiger partial charge on any atom is 0.218 e. The van der Waals surface area contributed by atoms with E-state index < -0.39 is 20.6 Å². The highest BCUT2D eigenvalue weighted by molar-refractivity contribution is 7.95. The van der Waals surface area contributed by atoms with E-state index in [2.05, 4.69) is 5.32 Å². The minimum absolute atomic E-state index is 0.0614. The van der Waals surface area contributed by atoms with Crippen LogP contribution in [0, 0.1) is 17.1 Å². The highest BCUT2D eigenvalue weighted by atomic mass is 35.5. The summed E-state index contributed by atoms with van der Waals surface area (Å²) in [5, 5.41) is 12.0. The molecule has 0 fully saturated rings. The molecule has 1 N–H and O–H groups in total. The van der Waals surface area contributed by atoms with Gasteiger partial charge in [-0.1, -0.05) is 23.2 Å². The number of benzene rings is 2. The van der Waals surface area contributed by atoms with E-state index in [1.807, 2.05) is 0 Å². The number of rotatable bonds is 4. The SMILES string of the molecule is N#C/C(=C/Nc1ccc(F)c(Cl)c1)S(=O)(=O)c1ccc(Cl)cc1. The van der Waals surface area contributed by atoms with Gasteiger partial charge in [0.1, 0.15) is 11.9 Å². The van der Waals surface area contributed by atoms with Crippen molar-refractivity contribution in [1.29, 1.82) is 5.26 Å². The van der Waals surface area contributed by atoms with E-state index in [0.717, 1.165) is 12.3 Å². The molecule has 4 nitrogen and oxygen atoms in total. The fraction of sp³-hybridized carbons (Fsp3) is 0. The molecule has 2 aromatic rings. The first-order valence-corrected chi connectivity index (χ1v) is 8.41. The van der Waals surface area contributed by atoms with Gasteiger partial charge in [0.25, 0.3) is 0 Å². The van der Waals surface area contributed by atoms with Gasteiger partial charge in [0, 0.05) is 16.9 Å². The molecule has 0 amide bonds. The van der Waals surface area contributed by atoms with Crippen LogP contribution < -0.4 is 5.32 Å². The van der Waals surface area contributed by atoms with Crippen molar-refractivity contribution in [3.05, 3.63) is 69.4 Å². The van der Waals surface area contributed by atoms with E-state index in [0.29, 0.717) is 10.7 Å². The molecule has 0 saturated heterocycles. The monoisotopic (exact) mass is 370 g/mol. The molecule has 23 heavy (non-hydrogen) atoms. The fourth-order valence-corrected chi connectivity index (χ4v) is 3.03. The van der Waals surface area contributed by atoms with Crippen molar-refractivity contribution in [2.75, 3.05) is 5.32 Å². The predicted molar refractivity (Wildman–Crippen MR) is 87.4 cm³/mol. The third-order valence-corrected chi connectivity index (χ3v) is 5.04. The van der Waals surface area contributed by atoms with Gasteiger partial charge in [0.15, 0.2) is 4.91 Å². The molecular weight excluding hydrogens is 362 g/mol. The van der Waals surface area contributed by atoms with E-state index in [9.17, 15) is 12.8 Å². The standard InChI is InChI=1S/C15H9Cl2FN2O2S/c16-10-1-4-12(5-2-10)23(21,22)13(8-19)9-20-11-3-6-15(18)14(17)7-11/h1-7,9,20H/b13-9-. The van der Waals surface area contributed by atoms with Gasteiger partial charge in [-0.2, -0.15) is 5.26 Å². The average Bonchev–Trinajstić information content (AvgIpc) is 2.51. The first-order chi connectivity index (χ1) is 10.8. The van der Waals surface area contributed by atoms with Crippen molar-refractivity contribution < 1.29 is 12.8 Å². The maximum absolute atomic E-state index is 13.1. The summed E-state index contributed by atoms with van der Waals surface area (Å²) in [4.78, 5) is -0.561. The quantitative estimate of drug-likeness (QED) is 0.810. The number of hydrogen-bond acceptors (Lipinski definition) is 4. The molecule has 0 atom stereocenters. The van der Waals surface area contributed by atoms with Gasteiger partial charge >= 0.3 is 0 Å². The van der Waals surface area contributed by atoms with Gasteiger partial charge in [-0.25, -0.2) is 12.8 Å². The molecule has 0 heterocycles. The number of halogens is 3. The summed E-state index contributed by atoms with van der Waals surface area (Å²) >= 11 is 11.3. The van der Waals surface area contributed by atoms with Crippen LogP contribution in [0.1, 0.15) is 0 Å². The minimum atomic E-state index is -3.98. The van der Waals surface area contributed by atoms with Gasteiger partial charge in [0.05, 0.1) is 9.92 Å². The largest absolute Gasteiger partial charge is 0.360 e. The van der Waals surface area contributed by atoms with Crippen molar-refractivity contribution >= 4 is 38.7 Å². The van der Waals surface area contributed by atoms with Gasteiger partial charge in [-0.3, -0.25) is 0 Å². The first-order valence-electron chi connectivity index (χ1n) is 6.17. The number of allylic oxidation sites excluding steroid dienone is 1. The number of anilines is 1. The Morgan fingerprint density at radius 2 is 1.83 bits per heavy atom. The lowest BCUT2D eigenvalue weighted by Crippen LogP contribution is -2.05. The van der Waals surface area contributed by atoms with Crippen molar-refractivity contribution in [2.24, 2.45) is 0 Å². The van der Waals surface area contributed by atoms with Crippen LogP contribution in [0.3, 0.4) is 0 Å². The summed E-state index contributed by atoms with van der Waals surface area (Å²) in [5.74, 6) is -0.601. The summed E-state index contributed by atoms with van der Waals surface area (Å²) in [6.07, 6.45) is 1.02. The second-order valence-electron chi connectivity index (χ2n) is 4.35. The highest BCUT2D eigenvalue weighted by Crippen LogP contribution is 2.23. The lowest BCUT2D eigenvalue weighted by Gasteiger charge is -2.05. The van der Waals surface area contributed by atoms with Crippen LogP contribution in [0.5, 0.6) is 0 Å². The van der Waals surface area contributed by atoms with Gasteiger partial charge < -0.3 is 5.32 Å². The third-order valence-electron chi connectivity index (χ3n) is 2.81. The molecule has 0 aliphatic rings. The molecular formula is C15H9Cl2FN2O2S. The molecule has 8 heteroatoms. The first kappa shape index (κ1) is 17.3. The molecule has 2 rings (SSSR count). The Labute approximate surface area is 142 Å². The molecule has 0 saturated carbocycles. The highest BCUT2D eigenvalue weighted by Gasteiger charge is 2.20. The minimum Gasteiger partial charge on any atom is -0.360 e. The third kappa shape index (κ3) is 4.02. The molecule has 0 aliphatic carbocycles. The van der Waals surface area contributed by atoms with Crippen molar-refractivity contribution in [1.82, 2.24) is 0 Å². The number of nitriles is 1. The van der Waals surface area contributed by atoms with Crippen LogP contribution in [0.4, 0.5) is 10.1 Å². The van der Waals surface area contributed by atoms with E-state index in [-0.39, 0.29) is 9.92 Å². The molecule has 2 aromatic carbocycles. The van der Waals surface area contributed by atoms with Crippen LogP contribution in [0.2, 0.25) is 10.0 Å². The molecule has 0 aliphatic heterocycles. The zero-order valence-corrected chi connectivity index (χ0v) is 13.8. The topological polar surface area (TPSA) is 70.0 Å². The van der Waals surface area contributed by atoms with Crippen LogP contribution in [0.25, 0.3) is 0 Å². The van der Waals surface area contributed by atoms with Crippen molar-refractivity contribution in [3.8, 4) is 6.07 Å². The van der Waals surface area contributed by atoms with E-state index in [1.165, 1.54) is 36.4 Å². The average molecular weight is 371 g/mol. The molecule has 0 aromatic heterocycles. The number of nitrogens with zero attached hydrogens (tertiary/aromatic N) is 1. The Morgan fingerprint density at radius 3 is 2.39 bits per heavy atom. The van der Waals surface area contributed by atoms with Gasteiger partial charge in [-0.15, -0.1) is 0 Å². The van der Waals surface area contributed by atoms with Crippen molar-refractivity contribution in [3.63, 3.8) is 0 Å². The Bertz CT molecular complexity index is 904. The Balaban J connectivity index is 2.32. The second-order valence-corrected chi connectivity index (χ2v) is 7.11. The molecule has 0 radical (unpaired) electrons. The molecule has 118 valence electrons. The zero-order valence-electron chi connectivity index (χ0n) is 11.4. The van der Waals surface area contributed by atoms with Crippen LogP contribution in [-0.4, -0.2) is 8.42 Å². The van der Waals surface area contributed by atoms with E-state index in [4.69, 9.17) is 28.5 Å². The van der Waals surface area contributed by atoms with Gasteiger partial charge in [-0.05, 0) is 42.5 Å². The zero-order chi connectivity index (χ0) is 17.0. The molecule has 0 bridgehead atoms. The number of hydrogen-bond donors (Lipinski definition) is 1.